The average molecular weight is 292 g/mol. The summed E-state index contributed by atoms with van der Waals surface area (Å²) < 4.78 is 1.82. The predicted molar refractivity (Wildman–Crippen MR) is 79.1 cm³/mol. The summed E-state index contributed by atoms with van der Waals surface area (Å²) in [7, 11) is 0. The van der Waals surface area contributed by atoms with Gasteiger partial charge in [0.1, 0.15) is 0 Å². The Morgan fingerprint density at radius 3 is 2.70 bits per heavy atom. The molecule has 4 nitrogen and oxygen atoms in total. The molecule has 1 aromatic carbocycles. The molecule has 0 unspecified atom stereocenters. The van der Waals surface area contributed by atoms with Gasteiger partial charge in [0.25, 0.3) is 0 Å². The Labute approximate surface area is 123 Å². The molecule has 1 fully saturated rings. The third kappa shape index (κ3) is 3.03. The monoisotopic (exact) mass is 291 g/mol. The van der Waals surface area contributed by atoms with Gasteiger partial charge < -0.3 is 10.4 Å². The first-order valence-corrected chi connectivity index (χ1v) is 7.25. The first-order chi connectivity index (χ1) is 9.65. The molecule has 0 saturated heterocycles. The maximum atomic E-state index is 10.0. The second-order valence-electron chi connectivity index (χ2n) is 5.45. The molecule has 106 valence electrons. The Kier molecular flexibility index (Phi) is 3.78. The normalized spacial score (nSPS) is 16.9. The van der Waals surface area contributed by atoms with Gasteiger partial charge in [-0.2, -0.15) is 5.10 Å². The molecule has 1 saturated carbocycles. The van der Waals surface area contributed by atoms with Gasteiger partial charge in [-0.05, 0) is 43.5 Å². The quantitative estimate of drug-likeness (QED) is 0.890. The number of hydrogen-bond donors (Lipinski definition) is 2. The maximum absolute atomic E-state index is 10.0. The molecule has 0 radical (unpaired) electrons. The number of nitrogens with zero attached hydrogens (tertiary/aromatic N) is 2. The largest absolute Gasteiger partial charge is 0.389 e. The van der Waals surface area contributed by atoms with Gasteiger partial charge in [-0.3, -0.25) is 0 Å². The Hall–Kier alpha value is -1.36. The number of benzene rings is 1. The van der Waals surface area contributed by atoms with Crippen LogP contribution in [0, 0.1) is 0 Å². The summed E-state index contributed by atoms with van der Waals surface area (Å²) in [6.07, 6.45) is 6.77. The number of aromatic nitrogens is 2. The van der Waals surface area contributed by atoms with Crippen molar-refractivity contribution >= 4 is 11.6 Å². The lowest BCUT2D eigenvalue weighted by atomic mass is 9.80. The highest BCUT2D eigenvalue weighted by Crippen LogP contribution is 2.30. The molecule has 1 aliphatic carbocycles. The Morgan fingerprint density at radius 1 is 1.30 bits per heavy atom. The number of hydrogen-bond acceptors (Lipinski definition) is 3. The van der Waals surface area contributed by atoms with E-state index in [2.05, 4.69) is 10.4 Å². The van der Waals surface area contributed by atoms with Crippen molar-refractivity contribution in [3.8, 4) is 5.69 Å². The molecular weight excluding hydrogens is 274 g/mol. The first kappa shape index (κ1) is 13.6. The number of nitrogens with one attached hydrogen (secondary N) is 1. The lowest BCUT2D eigenvalue weighted by Gasteiger charge is -2.36. The minimum absolute atomic E-state index is 0.480. The van der Waals surface area contributed by atoms with Crippen molar-refractivity contribution in [1.82, 2.24) is 15.1 Å². The smallest absolute Gasteiger partial charge is 0.0771 e. The summed E-state index contributed by atoms with van der Waals surface area (Å²) in [6.45, 7) is 1.37. The highest BCUT2D eigenvalue weighted by Gasteiger charge is 2.33. The van der Waals surface area contributed by atoms with Crippen LogP contribution in [0.5, 0.6) is 0 Å². The van der Waals surface area contributed by atoms with E-state index in [4.69, 9.17) is 11.6 Å². The van der Waals surface area contributed by atoms with Crippen molar-refractivity contribution in [2.75, 3.05) is 6.54 Å². The van der Waals surface area contributed by atoms with Crippen LogP contribution in [0.3, 0.4) is 0 Å². The Morgan fingerprint density at radius 2 is 2.05 bits per heavy atom. The molecule has 0 bridgehead atoms. The van der Waals surface area contributed by atoms with Crippen LogP contribution >= 0.6 is 11.6 Å². The molecule has 1 heterocycles. The van der Waals surface area contributed by atoms with E-state index in [0.717, 1.165) is 42.1 Å². The molecule has 20 heavy (non-hydrogen) atoms. The topological polar surface area (TPSA) is 50.1 Å². The minimum Gasteiger partial charge on any atom is -0.389 e. The molecule has 0 aliphatic heterocycles. The van der Waals surface area contributed by atoms with Crippen molar-refractivity contribution in [3.05, 3.63) is 47.2 Å². The van der Waals surface area contributed by atoms with Crippen LogP contribution in [0.1, 0.15) is 24.8 Å². The lowest BCUT2D eigenvalue weighted by molar-refractivity contribution is -0.0314. The zero-order valence-corrected chi connectivity index (χ0v) is 12.0. The summed E-state index contributed by atoms with van der Waals surface area (Å²) in [5.41, 5.74) is 1.60. The summed E-state index contributed by atoms with van der Waals surface area (Å²) in [5, 5.41) is 18.4. The average Bonchev–Trinajstić information content (AvgIpc) is 2.86. The Balaban J connectivity index is 1.57. The van der Waals surface area contributed by atoms with E-state index < -0.39 is 5.60 Å². The van der Waals surface area contributed by atoms with Crippen LogP contribution in [-0.4, -0.2) is 27.0 Å². The van der Waals surface area contributed by atoms with Gasteiger partial charge in [-0.1, -0.05) is 11.6 Å². The van der Waals surface area contributed by atoms with Gasteiger partial charge in [-0.25, -0.2) is 4.68 Å². The number of rotatable bonds is 5. The van der Waals surface area contributed by atoms with Crippen molar-refractivity contribution in [2.45, 2.75) is 31.4 Å². The van der Waals surface area contributed by atoms with E-state index >= 15 is 0 Å². The fourth-order valence-corrected chi connectivity index (χ4v) is 2.51. The van der Waals surface area contributed by atoms with E-state index in [9.17, 15) is 5.11 Å². The first-order valence-electron chi connectivity index (χ1n) is 6.87. The van der Waals surface area contributed by atoms with Gasteiger partial charge in [0.2, 0.25) is 0 Å². The van der Waals surface area contributed by atoms with E-state index in [1.165, 1.54) is 0 Å². The van der Waals surface area contributed by atoms with Gasteiger partial charge in [-0.15, -0.1) is 0 Å². The summed E-state index contributed by atoms with van der Waals surface area (Å²) >= 11 is 5.87. The predicted octanol–water partition coefficient (Wildman–Crippen LogP) is 2.53. The zero-order valence-electron chi connectivity index (χ0n) is 11.2. The molecule has 2 N–H and O–H groups in total. The molecule has 2 aromatic rings. The second kappa shape index (κ2) is 5.56. The maximum Gasteiger partial charge on any atom is 0.0771 e. The minimum atomic E-state index is -0.480. The zero-order chi connectivity index (χ0) is 14.0. The number of aliphatic hydroxyl groups is 1. The molecule has 5 heteroatoms. The van der Waals surface area contributed by atoms with Crippen LogP contribution in [0.4, 0.5) is 0 Å². The molecule has 1 aliphatic rings. The van der Waals surface area contributed by atoms with Crippen LogP contribution in [0.15, 0.2) is 36.7 Å². The SMILES string of the molecule is OC1(CNCc2cnn(-c3ccc(Cl)cc3)c2)CCC1. The van der Waals surface area contributed by atoms with Crippen LogP contribution < -0.4 is 5.32 Å². The van der Waals surface area contributed by atoms with Gasteiger partial charge >= 0.3 is 0 Å². The van der Waals surface area contributed by atoms with Gasteiger partial charge in [0, 0.05) is 29.9 Å². The van der Waals surface area contributed by atoms with Gasteiger partial charge in [0.15, 0.2) is 0 Å². The van der Waals surface area contributed by atoms with Crippen molar-refractivity contribution in [1.29, 1.82) is 0 Å². The van der Waals surface area contributed by atoms with E-state index in [1.54, 1.807) is 0 Å². The molecule has 0 amide bonds. The summed E-state index contributed by atoms with van der Waals surface area (Å²) in [6, 6.07) is 7.57. The molecule has 3 rings (SSSR count). The third-order valence-electron chi connectivity index (χ3n) is 3.79. The van der Waals surface area contributed by atoms with Crippen LogP contribution in [0.2, 0.25) is 5.02 Å². The highest BCUT2D eigenvalue weighted by atomic mass is 35.5. The van der Waals surface area contributed by atoms with E-state index in [1.807, 2.05) is 41.3 Å². The van der Waals surface area contributed by atoms with E-state index in [0.29, 0.717) is 6.54 Å². The molecule has 0 atom stereocenters. The highest BCUT2D eigenvalue weighted by molar-refractivity contribution is 6.30. The molecule has 1 aromatic heterocycles. The van der Waals surface area contributed by atoms with Crippen LogP contribution in [-0.2, 0) is 6.54 Å². The van der Waals surface area contributed by atoms with Gasteiger partial charge in [0.05, 0.1) is 17.5 Å². The molecular formula is C15H18ClN3O. The van der Waals surface area contributed by atoms with E-state index in [-0.39, 0.29) is 0 Å². The van der Waals surface area contributed by atoms with Crippen molar-refractivity contribution in [3.63, 3.8) is 0 Å². The fourth-order valence-electron chi connectivity index (χ4n) is 2.39. The molecule has 0 spiro atoms. The lowest BCUT2D eigenvalue weighted by Crippen LogP contribution is -2.45. The standard InChI is InChI=1S/C15H18ClN3O/c16-13-2-4-14(5-3-13)19-10-12(9-18-19)8-17-11-15(20)6-1-7-15/h2-5,9-10,17,20H,1,6-8,11H2. The Bertz CT molecular complexity index is 575. The second-order valence-corrected chi connectivity index (χ2v) is 5.89. The summed E-state index contributed by atoms with van der Waals surface area (Å²) in [4.78, 5) is 0. The van der Waals surface area contributed by atoms with Crippen molar-refractivity contribution in [2.24, 2.45) is 0 Å². The third-order valence-corrected chi connectivity index (χ3v) is 4.05. The number of halogens is 1. The summed E-state index contributed by atoms with van der Waals surface area (Å²) in [5.74, 6) is 0. The fraction of sp³-hybridized carbons (Fsp3) is 0.400. The van der Waals surface area contributed by atoms with Crippen LogP contribution in [0.25, 0.3) is 5.69 Å². The van der Waals surface area contributed by atoms with Crippen molar-refractivity contribution < 1.29 is 5.11 Å².